The number of thiophene rings is 1. The number of fused-ring (bicyclic) bond motifs is 1. The monoisotopic (exact) mass is 574 g/mol. The van der Waals surface area contributed by atoms with E-state index in [2.05, 4.69) is 4.90 Å². The van der Waals surface area contributed by atoms with Crippen LogP contribution in [0.15, 0.2) is 28.5 Å². The van der Waals surface area contributed by atoms with E-state index in [1.54, 1.807) is 11.0 Å². The van der Waals surface area contributed by atoms with E-state index in [0.29, 0.717) is 40.4 Å². The second-order valence-corrected chi connectivity index (χ2v) is 14.1. The molecule has 2 aromatic heterocycles. The van der Waals surface area contributed by atoms with Gasteiger partial charge in [-0.3, -0.25) is 9.69 Å². The molecule has 1 amide bonds. The third-order valence-electron chi connectivity index (χ3n) is 6.07. The minimum atomic E-state index is -3.84. The molecule has 3 aromatic rings. The number of aryl methyl sites for hydroxylation is 1. The van der Waals surface area contributed by atoms with Gasteiger partial charge >= 0.3 is 0 Å². The molecule has 0 N–H and O–H groups in total. The van der Waals surface area contributed by atoms with Crippen LogP contribution in [0.3, 0.4) is 0 Å². The number of anilines is 1. The minimum Gasteiger partial charge on any atom is -0.309 e. The second kappa shape index (κ2) is 11.0. The van der Waals surface area contributed by atoms with Crippen LogP contribution in [-0.4, -0.2) is 68.3 Å². The van der Waals surface area contributed by atoms with E-state index in [1.807, 2.05) is 33.2 Å². The van der Waals surface area contributed by atoms with Crippen LogP contribution in [0.2, 0.25) is 9.36 Å². The van der Waals surface area contributed by atoms with Crippen LogP contribution in [-0.2, 0) is 14.8 Å². The Labute approximate surface area is 224 Å². The van der Waals surface area contributed by atoms with Crippen LogP contribution < -0.4 is 4.90 Å². The Morgan fingerprint density at radius 2 is 1.91 bits per heavy atom. The summed E-state index contributed by atoms with van der Waals surface area (Å²) in [6.45, 7) is 3.45. The Hall–Kier alpha value is -1.27. The highest BCUT2D eigenvalue weighted by molar-refractivity contribution is 7.91. The van der Waals surface area contributed by atoms with E-state index in [9.17, 15) is 13.2 Å². The molecule has 1 atom stereocenters. The molecule has 1 saturated heterocycles. The van der Waals surface area contributed by atoms with Crippen molar-refractivity contribution in [1.82, 2.24) is 14.2 Å². The number of carbonyl (C=O) groups is 1. The zero-order valence-corrected chi connectivity index (χ0v) is 23.8. The molecule has 0 saturated carbocycles. The summed E-state index contributed by atoms with van der Waals surface area (Å²) < 4.78 is 29.8. The number of nitrogens with zero attached hydrogens (tertiary/aromatic N) is 4. The average Bonchev–Trinajstić information content (AvgIpc) is 3.46. The van der Waals surface area contributed by atoms with Crippen molar-refractivity contribution in [3.8, 4) is 0 Å². The summed E-state index contributed by atoms with van der Waals surface area (Å²) >= 11 is 14.8. The van der Waals surface area contributed by atoms with Crippen LogP contribution in [0.1, 0.15) is 31.2 Å². The SMILES string of the molecule is Cc1c(Cl)ccc2sc(N(CCCN(C)C)C(=O)C3CCCCN3S(=O)(=O)c3ccc(Cl)s3)nc12. The molecule has 190 valence electrons. The molecule has 0 bridgehead atoms. The van der Waals surface area contributed by atoms with E-state index in [4.69, 9.17) is 28.2 Å². The smallest absolute Gasteiger partial charge is 0.253 e. The van der Waals surface area contributed by atoms with Crippen molar-refractivity contribution in [2.24, 2.45) is 0 Å². The maximum atomic E-state index is 14.0. The Morgan fingerprint density at radius 3 is 2.60 bits per heavy atom. The Kier molecular flexibility index (Phi) is 8.42. The lowest BCUT2D eigenvalue weighted by Gasteiger charge is -2.36. The summed E-state index contributed by atoms with van der Waals surface area (Å²) in [6, 6.07) is 6.04. The van der Waals surface area contributed by atoms with E-state index in [0.717, 1.165) is 46.5 Å². The van der Waals surface area contributed by atoms with Gasteiger partial charge in [0.05, 0.1) is 14.6 Å². The van der Waals surface area contributed by atoms with E-state index >= 15 is 0 Å². The van der Waals surface area contributed by atoms with Crippen LogP contribution in [0.25, 0.3) is 10.2 Å². The fourth-order valence-corrected chi connectivity index (χ4v) is 8.69. The summed E-state index contributed by atoms with van der Waals surface area (Å²) in [5, 5.41) is 1.19. The highest BCUT2D eigenvalue weighted by atomic mass is 35.5. The zero-order valence-electron chi connectivity index (χ0n) is 19.8. The normalized spacial score (nSPS) is 17.4. The lowest BCUT2D eigenvalue weighted by Crippen LogP contribution is -2.53. The largest absolute Gasteiger partial charge is 0.309 e. The quantitative estimate of drug-likeness (QED) is 0.355. The zero-order chi connectivity index (χ0) is 25.3. The topological polar surface area (TPSA) is 73.8 Å². The van der Waals surface area contributed by atoms with Crippen LogP contribution in [0.4, 0.5) is 5.13 Å². The van der Waals surface area contributed by atoms with E-state index < -0.39 is 16.1 Å². The standard InChI is InChI=1S/C23H28Cl2N4O3S3/c1-15-16(24)8-9-18-21(15)26-23(33-18)28(13-6-12-27(2)3)22(30)17-7-4-5-14-29(17)35(31,32)20-11-10-19(25)34-20/h8-11,17H,4-7,12-14H2,1-3H3. The molecule has 7 nitrogen and oxygen atoms in total. The molecule has 12 heteroatoms. The van der Waals surface area contributed by atoms with Gasteiger partial charge in [0.1, 0.15) is 10.3 Å². The molecule has 1 aliphatic rings. The maximum Gasteiger partial charge on any atom is 0.253 e. The maximum absolute atomic E-state index is 14.0. The lowest BCUT2D eigenvalue weighted by molar-refractivity contribution is -0.123. The molecular weight excluding hydrogens is 547 g/mol. The average molecular weight is 576 g/mol. The summed E-state index contributed by atoms with van der Waals surface area (Å²) in [5.41, 5.74) is 1.63. The highest BCUT2D eigenvalue weighted by Crippen LogP contribution is 2.36. The first kappa shape index (κ1) is 26.8. The number of hydrogen-bond acceptors (Lipinski definition) is 7. The minimum absolute atomic E-state index is 0.159. The molecular formula is C23H28Cl2N4O3S3. The van der Waals surface area contributed by atoms with Gasteiger partial charge in [0.2, 0.25) is 5.91 Å². The van der Waals surface area contributed by atoms with E-state index in [-0.39, 0.29) is 10.1 Å². The fourth-order valence-electron chi connectivity index (χ4n) is 4.22. The van der Waals surface area contributed by atoms with Crippen molar-refractivity contribution in [1.29, 1.82) is 0 Å². The third kappa shape index (κ3) is 5.69. The Morgan fingerprint density at radius 1 is 1.14 bits per heavy atom. The van der Waals surface area contributed by atoms with Crippen LogP contribution >= 0.6 is 45.9 Å². The summed E-state index contributed by atoms with van der Waals surface area (Å²) in [5.74, 6) is -0.238. The number of piperidine rings is 1. The number of thiazole rings is 1. The predicted molar refractivity (Wildman–Crippen MR) is 146 cm³/mol. The van der Waals surface area contributed by atoms with Crippen molar-refractivity contribution in [2.45, 2.75) is 42.9 Å². The number of halogens is 2. The lowest BCUT2D eigenvalue weighted by atomic mass is 10.0. The number of rotatable bonds is 8. The molecule has 0 aliphatic carbocycles. The number of aromatic nitrogens is 1. The van der Waals surface area contributed by atoms with E-state index in [1.165, 1.54) is 21.7 Å². The molecule has 4 rings (SSSR count). The van der Waals surface area contributed by atoms with Gasteiger partial charge < -0.3 is 4.90 Å². The van der Waals surface area contributed by atoms with Gasteiger partial charge in [0.25, 0.3) is 10.0 Å². The van der Waals surface area contributed by atoms with Gasteiger partial charge in [0.15, 0.2) is 5.13 Å². The molecule has 1 aliphatic heterocycles. The third-order valence-corrected chi connectivity index (χ3v) is 11.1. The highest BCUT2D eigenvalue weighted by Gasteiger charge is 2.41. The Balaban J connectivity index is 1.70. The number of sulfonamides is 1. The number of benzene rings is 1. The van der Waals surface area contributed by atoms with Gasteiger partial charge in [-0.15, -0.1) is 11.3 Å². The van der Waals surface area contributed by atoms with Gasteiger partial charge in [0, 0.05) is 18.1 Å². The summed E-state index contributed by atoms with van der Waals surface area (Å²) in [7, 11) is 0.121. The summed E-state index contributed by atoms with van der Waals surface area (Å²) in [4.78, 5) is 22.5. The molecule has 1 fully saturated rings. The predicted octanol–water partition coefficient (Wildman–Crippen LogP) is 5.50. The van der Waals surface area contributed by atoms with Crippen molar-refractivity contribution in [3.63, 3.8) is 0 Å². The fraction of sp³-hybridized carbons (Fsp3) is 0.478. The summed E-state index contributed by atoms with van der Waals surface area (Å²) in [6.07, 6.45) is 2.70. The first-order valence-corrected chi connectivity index (χ1v) is 15.2. The molecule has 1 aromatic carbocycles. The van der Waals surface area contributed by atoms with Crippen molar-refractivity contribution in [2.75, 3.05) is 38.6 Å². The van der Waals surface area contributed by atoms with Crippen LogP contribution in [0.5, 0.6) is 0 Å². The molecule has 35 heavy (non-hydrogen) atoms. The van der Waals surface area contributed by atoms with Crippen molar-refractivity contribution < 1.29 is 13.2 Å². The number of hydrogen-bond donors (Lipinski definition) is 0. The van der Waals surface area contributed by atoms with Gasteiger partial charge in [-0.25, -0.2) is 13.4 Å². The Bertz CT molecular complexity index is 1320. The first-order chi connectivity index (χ1) is 16.6. The molecule has 1 unspecified atom stereocenters. The van der Waals surface area contributed by atoms with Crippen LogP contribution in [0, 0.1) is 6.92 Å². The first-order valence-electron chi connectivity index (χ1n) is 11.4. The second-order valence-electron chi connectivity index (χ2n) is 8.85. The van der Waals surface area contributed by atoms with Gasteiger partial charge in [-0.05, 0) is 76.7 Å². The molecule has 3 heterocycles. The molecule has 0 radical (unpaired) electrons. The number of carbonyl (C=O) groups excluding carboxylic acids is 1. The molecule has 0 spiro atoms. The van der Waals surface area contributed by atoms with Crippen molar-refractivity contribution >= 4 is 77.2 Å². The van der Waals surface area contributed by atoms with Gasteiger partial charge in [-0.1, -0.05) is 41.0 Å². The number of amides is 1. The van der Waals surface area contributed by atoms with Crippen molar-refractivity contribution in [3.05, 3.63) is 39.2 Å². The van der Waals surface area contributed by atoms with Gasteiger partial charge in [-0.2, -0.15) is 4.31 Å².